The number of pyridine rings is 2. The molecule has 0 saturated heterocycles. The highest BCUT2D eigenvalue weighted by atomic mass is 15.3. The first-order chi connectivity index (χ1) is 34.1. The van der Waals surface area contributed by atoms with Gasteiger partial charge in [-0.3, -0.25) is 0 Å². The summed E-state index contributed by atoms with van der Waals surface area (Å²) in [7, 11) is 0. The summed E-state index contributed by atoms with van der Waals surface area (Å²) in [4.78, 5) is 16.1. The van der Waals surface area contributed by atoms with Gasteiger partial charge in [0.05, 0.1) is 33.9 Å². The van der Waals surface area contributed by atoms with Gasteiger partial charge in [-0.25, -0.2) is 9.97 Å². The molecule has 0 N–H and O–H groups in total. The lowest BCUT2D eigenvalue weighted by atomic mass is 9.61. The van der Waals surface area contributed by atoms with Gasteiger partial charge in [0.25, 0.3) is 0 Å². The summed E-state index contributed by atoms with van der Waals surface area (Å²) in [5.41, 5.74) is 16.9. The molecule has 2 aliphatic carbocycles. The van der Waals surface area contributed by atoms with Crippen LogP contribution < -0.4 is 9.80 Å². The molecule has 4 atom stereocenters. The summed E-state index contributed by atoms with van der Waals surface area (Å²) >= 11 is 0. The van der Waals surface area contributed by atoms with Crippen LogP contribution in [0.5, 0.6) is 0 Å². The van der Waals surface area contributed by atoms with Gasteiger partial charge in [-0.15, -0.1) is 0 Å². The fraction of sp³-hybridized carbons (Fsp3) is 0.242. The van der Waals surface area contributed by atoms with Crippen molar-refractivity contribution in [3.63, 3.8) is 0 Å². The van der Waals surface area contributed by atoms with Crippen molar-refractivity contribution < 1.29 is 0 Å². The molecule has 2 aromatic heterocycles. The van der Waals surface area contributed by atoms with Gasteiger partial charge < -0.3 is 9.80 Å². The van der Waals surface area contributed by atoms with E-state index < -0.39 is 0 Å². The highest BCUT2D eigenvalue weighted by Gasteiger charge is 2.59. The normalized spacial score (nSPS) is 23.7. The van der Waals surface area contributed by atoms with Crippen molar-refractivity contribution >= 4 is 55.1 Å². The third kappa shape index (κ3) is 5.83. The Hall–Kier alpha value is -7.30. The Balaban J connectivity index is 0.794. The fourth-order valence-electron chi connectivity index (χ4n) is 14.4. The lowest BCUT2D eigenvalue weighted by Gasteiger charge is -2.50. The molecule has 4 aliphatic rings. The van der Waals surface area contributed by atoms with Gasteiger partial charge in [0.15, 0.2) is 0 Å². The Bertz CT molecular complexity index is 3400. The van der Waals surface area contributed by atoms with E-state index >= 15 is 0 Å². The number of nitrogens with zero attached hydrogens (tertiary/aromatic N) is 4. The van der Waals surface area contributed by atoms with Crippen LogP contribution >= 0.6 is 0 Å². The maximum absolute atomic E-state index is 5.40. The predicted molar refractivity (Wildman–Crippen MR) is 293 cm³/mol. The van der Waals surface area contributed by atoms with Gasteiger partial charge in [-0.1, -0.05) is 124 Å². The molecule has 0 spiro atoms. The molecular formula is C66H58N4. The molecule has 70 heavy (non-hydrogen) atoms. The van der Waals surface area contributed by atoms with Crippen molar-refractivity contribution in [2.45, 2.75) is 101 Å². The summed E-state index contributed by atoms with van der Waals surface area (Å²) in [6.45, 7) is 10.0. The van der Waals surface area contributed by atoms with Crippen LogP contribution in [0, 0.1) is 0 Å². The zero-order valence-corrected chi connectivity index (χ0v) is 40.8. The number of hydrogen-bond donors (Lipinski definition) is 0. The minimum Gasteiger partial charge on any atom is -0.334 e. The second-order valence-electron chi connectivity index (χ2n) is 22.0. The predicted octanol–water partition coefficient (Wildman–Crippen LogP) is 17.5. The topological polar surface area (TPSA) is 32.3 Å². The first-order valence-electron chi connectivity index (χ1n) is 25.8. The smallest absolute Gasteiger partial charge is 0.0709 e. The van der Waals surface area contributed by atoms with E-state index in [1.54, 1.807) is 0 Å². The van der Waals surface area contributed by atoms with E-state index in [4.69, 9.17) is 9.97 Å². The van der Waals surface area contributed by atoms with Crippen molar-refractivity contribution in [3.8, 4) is 45.0 Å². The molecule has 4 heterocycles. The van der Waals surface area contributed by atoms with E-state index in [1.165, 1.54) is 129 Å². The number of para-hydroxylation sites is 2. The SMILES string of the molecule is CC12CCCCC1(C)N(c1ccccc1)c1ccc(-c3cccc(-c4cc5ccc6cc(-c7cccc(-c8ccc9c(c8)C8(C)CCCCC8(C)N9c8ccccc8)n7)cc7ccc(c4)c5c67)n3)cc12. The minimum atomic E-state index is 0.0166. The quantitative estimate of drug-likeness (QED) is 0.156. The third-order valence-electron chi connectivity index (χ3n) is 18.5. The van der Waals surface area contributed by atoms with Crippen molar-refractivity contribution in [1.82, 2.24) is 9.97 Å². The van der Waals surface area contributed by atoms with Gasteiger partial charge in [-0.05, 0) is 180 Å². The second kappa shape index (κ2) is 15.1. The highest BCUT2D eigenvalue weighted by molar-refractivity contribution is 6.24. The van der Waals surface area contributed by atoms with Crippen molar-refractivity contribution in [3.05, 3.63) is 193 Å². The van der Waals surface area contributed by atoms with E-state index in [9.17, 15) is 0 Å². The molecule has 342 valence electrons. The van der Waals surface area contributed by atoms with Crippen molar-refractivity contribution in [1.29, 1.82) is 0 Å². The molecule has 8 aromatic carbocycles. The van der Waals surface area contributed by atoms with Crippen molar-refractivity contribution in [2.24, 2.45) is 0 Å². The Morgan fingerprint density at radius 3 is 1.09 bits per heavy atom. The number of anilines is 4. The number of benzene rings is 8. The van der Waals surface area contributed by atoms with Gasteiger partial charge in [0.1, 0.15) is 0 Å². The van der Waals surface area contributed by atoms with E-state index in [1.807, 2.05) is 0 Å². The summed E-state index contributed by atoms with van der Waals surface area (Å²) in [5, 5.41) is 7.55. The molecule has 4 heteroatoms. The first-order valence-corrected chi connectivity index (χ1v) is 25.8. The molecule has 4 nitrogen and oxygen atoms in total. The molecule has 10 aromatic rings. The van der Waals surface area contributed by atoms with Crippen LogP contribution in [-0.2, 0) is 10.8 Å². The molecule has 2 aliphatic heterocycles. The average Bonchev–Trinajstić information content (AvgIpc) is 3.75. The zero-order chi connectivity index (χ0) is 47.0. The Kier molecular flexibility index (Phi) is 8.99. The summed E-state index contributed by atoms with van der Waals surface area (Å²) in [5.74, 6) is 0. The Morgan fingerprint density at radius 1 is 0.343 bits per heavy atom. The van der Waals surface area contributed by atoms with Crippen molar-refractivity contribution in [2.75, 3.05) is 9.80 Å². The van der Waals surface area contributed by atoms with Crippen LogP contribution in [0.2, 0.25) is 0 Å². The minimum absolute atomic E-state index is 0.0166. The standard InChI is InChI=1S/C66H58N4/c1-63-33-11-13-35-65(63,3)69(51-17-7-5-8-18-51)59-31-29-43(41-53(59)63)55-21-15-23-57(67-55)49-37-45-25-27-47-39-50(40-48-28-26-46(38-49)61(45)62(47)48)58-24-16-22-56(68-58)44-30-32-60-54(42-44)64(2)34-12-14-36-66(64,4)70(60)52-19-9-6-10-20-52/h5-10,15-32,37-42H,11-14,33-36H2,1-4H3. The lowest BCUT2D eigenvalue weighted by Crippen LogP contribution is -2.54. The maximum Gasteiger partial charge on any atom is 0.0709 e. The van der Waals surface area contributed by atoms with Crippen LogP contribution in [-0.4, -0.2) is 21.0 Å². The van der Waals surface area contributed by atoms with E-state index in [-0.39, 0.29) is 21.9 Å². The highest BCUT2D eigenvalue weighted by Crippen LogP contribution is 2.63. The summed E-state index contributed by atoms with van der Waals surface area (Å²) in [6.07, 6.45) is 9.80. The molecule has 0 radical (unpaired) electrons. The molecule has 4 unspecified atom stereocenters. The molecular weight excluding hydrogens is 849 g/mol. The monoisotopic (exact) mass is 906 g/mol. The molecule has 0 bridgehead atoms. The van der Waals surface area contributed by atoms with Gasteiger partial charge in [-0.2, -0.15) is 0 Å². The van der Waals surface area contributed by atoms with E-state index in [0.29, 0.717) is 0 Å². The maximum atomic E-state index is 5.40. The number of fused-ring (bicyclic) bond motifs is 6. The first kappa shape index (κ1) is 41.7. The molecule has 14 rings (SSSR count). The third-order valence-corrected chi connectivity index (χ3v) is 18.5. The average molecular weight is 907 g/mol. The largest absolute Gasteiger partial charge is 0.334 e. The zero-order valence-electron chi connectivity index (χ0n) is 40.8. The summed E-state index contributed by atoms with van der Waals surface area (Å²) in [6, 6.07) is 67.9. The van der Waals surface area contributed by atoms with Crippen LogP contribution in [0.4, 0.5) is 22.7 Å². The molecule has 2 fully saturated rings. The summed E-state index contributed by atoms with van der Waals surface area (Å²) < 4.78 is 0. The van der Waals surface area contributed by atoms with Gasteiger partial charge in [0, 0.05) is 55.8 Å². The van der Waals surface area contributed by atoms with Crippen LogP contribution in [0.3, 0.4) is 0 Å². The van der Waals surface area contributed by atoms with E-state index in [2.05, 4.69) is 219 Å². The Labute approximate surface area is 412 Å². The Morgan fingerprint density at radius 2 is 0.700 bits per heavy atom. The second-order valence-corrected chi connectivity index (χ2v) is 22.0. The molecule has 0 amide bonds. The molecule has 2 saturated carbocycles. The fourth-order valence-corrected chi connectivity index (χ4v) is 14.4. The lowest BCUT2D eigenvalue weighted by molar-refractivity contribution is 0.195. The van der Waals surface area contributed by atoms with Gasteiger partial charge in [0.2, 0.25) is 0 Å². The number of rotatable bonds is 6. The number of aromatic nitrogens is 2. The van der Waals surface area contributed by atoms with Crippen LogP contribution in [0.1, 0.15) is 90.2 Å². The van der Waals surface area contributed by atoms with Gasteiger partial charge >= 0.3 is 0 Å². The van der Waals surface area contributed by atoms with Crippen LogP contribution in [0.15, 0.2) is 182 Å². The number of hydrogen-bond acceptors (Lipinski definition) is 4. The van der Waals surface area contributed by atoms with Crippen LogP contribution in [0.25, 0.3) is 77.3 Å². The van der Waals surface area contributed by atoms with E-state index in [0.717, 1.165) is 33.9 Å².